The molecule has 0 fully saturated rings. The van der Waals surface area contributed by atoms with E-state index in [1.54, 1.807) is 42.5 Å². The molecule has 1 unspecified atom stereocenters. The van der Waals surface area contributed by atoms with Crippen LogP contribution in [0.25, 0.3) is 33.0 Å². The van der Waals surface area contributed by atoms with Crippen LogP contribution in [0.1, 0.15) is 38.0 Å². The molecule has 2 heterocycles. The van der Waals surface area contributed by atoms with Gasteiger partial charge in [-0.2, -0.15) is 0 Å². The van der Waals surface area contributed by atoms with Gasteiger partial charge in [0.25, 0.3) is 11.8 Å². The minimum Gasteiger partial charge on any atom is -0.493 e. The van der Waals surface area contributed by atoms with Crippen LogP contribution in [0.15, 0.2) is 82.4 Å². The van der Waals surface area contributed by atoms with E-state index < -0.39 is 12.1 Å². The minimum absolute atomic E-state index is 0.00266. The Morgan fingerprint density at radius 1 is 0.865 bits per heavy atom. The number of nitrogens with one attached hydrogen (secondary N) is 3. The fourth-order valence-corrected chi connectivity index (χ4v) is 5.56. The van der Waals surface area contributed by atoms with Crippen molar-refractivity contribution >= 4 is 17.5 Å². The molecule has 266 valence electrons. The number of ether oxygens (including phenoxy) is 5. The predicted octanol–water partition coefficient (Wildman–Crippen LogP) is 6.58. The maximum atomic E-state index is 12.8. The smallest absolute Gasteiger partial charge is 0.255 e. The molecule has 0 radical (unpaired) electrons. The number of fused-ring (bicyclic) bond motifs is 1. The molecule has 4 aromatic carbocycles. The van der Waals surface area contributed by atoms with Crippen molar-refractivity contribution in [2.45, 2.75) is 13.1 Å². The van der Waals surface area contributed by atoms with Gasteiger partial charge in [-0.1, -0.05) is 22.9 Å². The molecule has 0 spiro atoms. The summed E-state index contributed by atoms with van der Waals surface area (Å²) in [5, 5.41) is 13.7. The maximum Gasteiger partial charge on any atom is 0.255 e. The second kappa shape index (κ2) is 15.3. The summed E-state index contributed by atoms with van der Waals surface area (Å²) < 4.78 is 33.3. The number of carbonyl (C=O) groups is 2. The standard InChI is InChI=1S/C36H33N7O9/c1-19-6-9-25-23(12-19)35(44)40-34(39-25)21-8-11-28(30(15-21)47-3)50-18-38-51-31-14-20(7-10-27(31)46-2)29-17-26(42-52-29)22-13-24(36(45)41-43-37)33(49-5)32(16-22)48-4/h6-17,34,38-39H,18H2,1-5H3,(H,40,44). The highest BCUT2D eigenvalue weighted by Crippen LogP contribution is 2.39. The van der Waals surface area contributed by atoms with E-state index >= 15 is 0 Å². The summed E-state index contributed by atoms with van der Waals surface area (Å²) in [4.78, 5) is 33.6. The zero-order valence-corrected chi connectivity index (χ0v) is 28.7. The zero-order valence-electron chi connectivity index (χ0n) is 28.7. The Bertz CT molecular complexity index is 2200. The molecule has 1 aliphatic rings. The third-order valence-electron chi connectivity index (χ3n) is 8.08. The first kappa shape index (κ1) is 34.9. The SMILES string of the molecule is COc1cc(C2NC(=O)c3cc(C)ccc3N2)ccc1OCNOc1cc(-c2cc(-c3cc(OC)c(OC)c(C(=O)N=[N+]=[N-])c3)no2)ccc1OC. The van der Waals surface area contributed by atoms with Crippen molar-refractivity contribution in [3.8, 4) is 57.1 Å². The topological polar surface area (TPSA) is 200 Å². The van der Waals surface area contributed by atoms with Gasteiger partial charge in [0.2, 0.25) is 0 Å². The number of rotatable bonds is 13. The van der Waals surface area contributed by atoms with Crippen molar-refractivity contribution in [3.63, 3.8) is 0 Å². The number of aromatic nitrogens is 1. The molecule has 1 atom stereocenters. The summed E-state index contributed by atoms with van der Waals surface area (Å²) in [6.07, 6.45) is -0.461. The van der Waals surface area contributed by atoms with Crippen LogP contribution in [0.2, 0.25) is 0 Å². The Kier molecular flexibility index (Phi) is 10.3. The Morgan fingerprint density at radius 3 is 2.38 bits per heavy atom. The van der Waals surface area contributed by atoms with E-state index in [-0.39, 0.29) is 29.7 Å². The summed E-state index contributed by atoms with van der Waals surface area (Å²) in [5.41, 5.74) is 16.1. The van der Waals surface area contributed by atoms with E-state index in [9.17, 15) is 9.59 Å². The number of anilines is 1. The number of hydroxylamine groups is 1. The summed E-state index contributed by atoms with van der Waals surface area (Å²) in [5.74, 6) is 1.36. The van der Waals surface area contributed by atoms with E-state index in [1.807, 2.05) is 31.2 Å². The Hall–Kier alpha value is -6.90. The lowest BCUT2D eigenvalue weighted by atomic mass is 10.0. The van der Waals surface area contributed by atoms with Crippen LogP contribution in [0.5, 0.6) is 34.5 Å². The minimum atomic E-state index is -0.847. The van der Waals surface area contributed by atoms with Crippen LogP contribution >= 0.6 is 0 Å². The summed E-state index contributed by atoms with van der Waals surface area (Å²) in [7, 11) is 5.82. The number of hydrogen-bond donors (Lipinski definition) is 3. The highest BCUT2D eigenvalue weighted by Gasteiger charge is 2.26. The quantitative estimate of drug-likeness (QED) is 0.0297. The lowest BCUT2D eigenvalue weighted by Gasteiger charge is -2.28. The van der Waals surface area contributed by atoms with Crippen LogP contribution in [0, 0.1) is 6.92 Å². The Balaban J connectivity index is 1.14. The first-order valence-electron chi connectivity index (χ1n) is 15.7. The van der Waals surface area contributed by atoms with Crippen molar-refractivity contribution in [2.24, 2.45) is 5.11 Å². The molecule has 16 heteroatoms. The number of nitrogens with zero attached hydrogens (tertiary/aromatic N) is 4. The molecule has 1 aromatic heterocycles. The van der Waals surface area contributed by atoms with E-state index in [2.05, 4.69) is 31.3 Å². The molecule has 1 aliphatic heterocycles. The third kappa shape index (κ3) is 7.19. The number of azide groups is 1. The molecule has 6 rings (SSSR count). The first-order valence-corrected chi connectivity index (χ1v) is 15.7. The second-order valence-electron chi connectivity index (χ2n) is 11.2. The normalized spacial score (nSPS) is 13.1. The molecule has 16 nitrogen and oxygen atoms in total. The predicted molar refractivity (Wildman–Crippen MR) is 188 cm³/mol. The van der Waals surface area contributed by atoms with Gasteiger partial charge in [0.15, 0.2) is 47.0 Å². The molecule has 0 bridgehead atoms. The van der Waals surface area contributed by atoms with Gasteiger partial charge in [-0.15, -0.1) is 5.48 Å². The highest BCUT2D eigenvalue weighted by molar-refractivity contribution is 6.02. The molecule has 5 aromatic rings. The zero-order chi connectivity index (χ0) is 36.8. The van der Waals surface area contributed by atoms with E-state index in [0.29, 0.717) is 51.1 Å². The molecule has 0 saturated carbocycles. The van der Waals surface area contributed by atoms with Crippen molar-refractivity contribution < 1.29 is 42.6 Å². The molecular formula is C36H33N7O9. The van der Waals surface area contributed by atoms with Gasteiger partial charge in [0, 0.05) is 27.8 Å². The monoisotopic (exact) mass is 707 g/mol. The fraction of sp³-hybridized carbons (Fsp3) is 0.194. The lowest BCUT2D eigenvalue weighted by molar-refractivity contribution is 0.0934. The Morgan fingerprint density at radius 2 is 1.63 bits per heavy atom. The van der Waals surface area contributed by atoms with Gasteiger partial charge in [0.1, 0.15) is 11.9 Å². The third-order valence-corrected chi connectivity index (χ3v) is 8.08. The van der Waals surface area contributed by atoms with Gasteiger partial charge in [0.05, 0.1) is 39.6 Å². The number of methoxy groups -OCH3 is 4. The average molecular weight is 708 g/mol. The van der Waals surface area contributed by atoms with Crippen molar-refractivity contribution in [3.05, 3.63) is 105 Å². The summed E-state index contributed by atoms with van der Waals surface area (Å²) >= 11 is 0. The van der Waals surface area contributed by atoms with Crippen molar-refractivity contribution in [1.82, 2.24) is 16.0 Å². The summed E-state index contributed by atoms with van der Waals surface area (Å²) in [6, 6.07) is 20.9. The first-order chi connectivity index (χ1) is 25.3. The second-order valence-corrected chi connectivity index (χ2v) is 11.2. The van der Waals surface area contributed by atoms with Gasteiger partial charge in [-0.25, -0.2) is 0 Å². The molecule has 3 N–H and O–H groups in total. The van der Waals surface area contributed by atoms with Crippen LogP contribution in [0.3, 0.4) is 0 Å². The van der Waals surface area contributed by atoms with Crippen LogP contribution in [-0.4, -0.2) is 52.1 Å². The average Bonchev–Trinajstić information content (AvgIpc) is 3.67. The largest absolute Gasteiger partial charge is 0.493 e. The van der Waals surface area contributed by atoms with Crippen LogP contribution in [0.4, 0.5) is 5.69 Å². The molecule has 0 saturated heterocycles. The maximum absolute atomic E-state index is 12.8. The number of hydrogen-bond acceptors (Lipinski definition) is 12. The van der Waals surface area contributed by atoms with Crippen LogP contribution in [-0.2, 0) is 0 Å². The number of carbonyl (C=O) groups excluding carboxylic acids is 2. The van der Waals surface area contributed by atoms with E-state index in [1.165, 1.54) is 34.5 Å². The molecular weight excluding hydrogens is 674 g/mol. The van der Waals surface area contributed by atoms with Gasteiger partial charge < -0.3 is 43.7 Å². The molecule has 0 aliphatic carbocycles. The van der Waals surface area contributed by atoms with Gasteiger partial charge >= 0.3 is 0 Å². The van der Waals surface area contributed by atoms with Gasteiger partial charge in [-0.05, 0) is 77.7 Å². The van der Waals surface area contributed by atoms with E-state index in [4.69, 9.17) is 38.6 Å². The molecule has 2 amide bonds. The number of benzene rings is 4. The fourth-order valence-electron chi connectivity index (χ4n) is 5.56. The van der Waals surface area contributed by atoms with Gasteiger partial charge in [-0.3, -0.25) is 9.59 Å². The number of aryl methyl sites for hydroxylation is 1. The highest BCUT2D eigenvalue weighted by atomic mass is 16.7. The summed E-state index contributed by atoms with van der Waals surface area (Å²) in [6.45, 7) is 1.86. The Labute approximate surface area is 297 Å². The van der Waals surface area contributed by atoms with Crippen LogP contribution < -0.4 is 44.6 Å². The lowest BCUT2D eigenvalue weighted by Crippen LogP contribution is -2.38. The van der Waals surface area contributed by atoms with Crippen molar-refractivity contribution in [2.75, 3.05) is 40.5 Å². The number of amides is 2. The van der Waals surface area contributed by atoms with Crippen molar-refractivity contribution in [1.29, 1.82) is 0 Å². The van der Waals surface area contributed by atoms with E-state index in [0.717, 1.165) is 16.8 Å². The molecule has 52 heavy (non-hydrogen) atoms.